The van der Waals surface area contributed by atoms with Crippen molar-refractivity contribution in [2.45, 2.75) is 25.8 Å². The van der Waals surface area contributed by atoms with Gasteiger partial charge in [-0.2, -0.15) is 0 Å². The third-order valence-electron chi connectivity index (χ3n) is 2.92. The summed E-state index contributed by atoms with van der Waals surface area (Å²) in [6.45, 7) is 2.04. The van der Waals surface area contributed by atoms with E-state index in [0.29, 0.717) is 12.4 Å². The SMILES string of the molecule is CCOC(=O)CN(c1c([N+](=O)[O-])ncn1C)C1CC1. The van der Waals surface area contributed by atoms with Crippen molar-refractivity contribution in [3.05, 3.63) is 16.4 Å². The number of carbonyl (C=O) groups excluding carboxylic acids is 1. The van der Waals surface area contributed by atoms with Gasteiger partial charge in [0.15, 0.2) is 0 Å². The number of anilines is 1. The summed E-state index contributed by atoms with van der Waals surface area (Å²) in [5, 5.41) is 11.0. The summed E-state index contributed by atoms with van der Waals surface area (Å²) in [4.78, 5) is 27.5. The second kappa shape index (κ2) is 5.25. The van der Waals surface area contributed by atoms with Crippen LogP contribution in [0.15, 0.2) is 6.33 Å². The van der Waals surface area contributed by atoms with Gasteiger partial charge in [0.25, 0.3) is 0 Å². The summed E-state index contributed by atoms with van der Waals surface area (Å²) in [5.74, 6) is -0.246. The molecule has 0 bridgehead atoms. The van der Waals surface area contributed by atoms with E-state index in [0.717, 1.165) is 12.8 Å². The minimum atomic E-state index is -0.532. The summed E-state index contributed by atoms with van der Waals surface area (Å²) in [6.07, 6.45) is 3.22. The standard InChI is InChI=1S/C11H16N4O4/c1-3-19-9(16)6-14(8-4-5-8)11-10(15(17)18)12-7-13(11)2/h7-8H,3-6H2,1-2H3. The van der Waals surface area contributed by atoms with Crippen molar-refractivity contribution in [2.75, 3.05) is 18.1 Å². The summed E-state index contributed by atoms with van der Waals surface area (Å²) >= 11 is 0. The molecule has 0 amide bonds. The molecule has 2 rings (SSSR count). The van der Waals surface area contributed by atoms with E-state index in [4.69, 9.17) is 4.74 Å². The van der Waals surface area contributed by atoms with Crippen LogP contribution in [0.2, 0.25) is 0 Å². The number of hydrogen-bond donors (Lipinski definition) is 0. The summed E-state index contributed by atoms with van der Waals surface area (Å²) in [5.41, 5.74) is 0. The second-order valence-corrected chi connectivity index (χ2v) is 4.42. The highest BCUT2D eigenvalue weighted by molar-refractivity contribution is 5.77. The molecule has 0 saturated heterocycles. The molecular weight excluding hydrogens is 252 g/mol. The fraction of sp³-hybridized carbons (Fsp3) is 0.636. The fourth-order valence-corrected chi connectivity index (χ4v) is 1.98. The third-order valence-corrected chi connectivity index (χ3v) is 2.92. The fourth-order valence-electron chi connectivity index (χ4n) is 1.98. The van der Waals surface area contributed by atoms with Gasteiger partial charge in [-0.05, 0) is 29.7 Å². The van der Waals surface area contributed by atoms with Gasteiger partial charge in [-0.15, -0.1) is 0 Å². The maximum absolute atomic E-state index is 11.6. The second-order valence-electron chi connectivity index (χ2n) is 4.42. The Morgan fingerprint density at radius 1 is 1.68 bits per heavy atom. The van der Waals surface area contributed by atoms with Crippen LogP contribution in [0.5, 0.6) is 0 Å². The molecule has 0 aliphatic heterocycles. The minimum Gasteiger partial charge on any atom is -0.465 e. The van der Waals surface area contributed by atoms with Crippen LogP contribution in [0.25, 0.3) is 0 Å². The zero-order valence-corrected chi connectivity index (χ0v) is 10.9. The molecule has 1 fully saturated rings. The molecule has 0 unspecified atom stereocenters. The number of carbonyl (C=O) groups is 1. The van der Waals surface area contributed by atoms with Gasteiger partial charge in [0.2, 0.25) is 12.1 Å². The molecule has 0 N–H and O–H groups in total. The van der Waals surface area contributed by atoms with Gasteiger partial charge in [-0.25, -0.2) is 0 Å². The normalized spacial score (nSPS) is 14.2. The number of imidazole rings is 1. The van der Waals surface area contributed by atoms with Crippen LogP contribution in [0, 0.1) is 10.1 Å². The highest BCUT2D eigenvalue weighted by atomic mass is 16.6. The van der Waals surface area contributed by atoms with E-state index in [1.807, 2.05) is 0 Å². The first-order chi connectivity index (χ1) is 9.04. The van der Waals surface area contributed by atoms with Crippen molar-refractivity contribution in [1.29, 1.82) is 0 Å². The first-order valence-corrected chi connectivity index (χ1v) is 6.12. The van der Waals surface area contributed by atoms with Crippen LogP contribution in [-0.2, 0) is 16.6 Å². The van der Waals surface area contributed by atoms with Gasteiger partial charge in [0.05, 0.1) is 6.61 Å². The highest BCUT2D eigenvalue weighted by Crippen LogP contribution is 2.35. The number of nitrogens with zero attached hydrogens (tertiary/aromatic N) is 4. The lowest BCUT2D eigenvalue weighted by Gasteiger charge is -2.22. The largest absolute Gasteiger partial charge is 0.465 e. The van der Waals surface area contributed by atoms with E-state index in [9.17, 15) is 14.9 Å². The topological polar surface area (TPSA) is 90.5 Å². The molecule has 1 aromatic heterocycles. The smallest absolute Gasteiger partial charge is 0.406 e. The van der Waals surface area contributed by atoms with Crippen molar-refractivity contribution in [1.82, 2.24) is 9.55 Å². The van der Waals surface area contributed by atoms with Crippen LogP contribution >= 0.6 is 0 Å². The number of rotatable bonds is 6. The Morgan fingerprint density at radius 3 is 2.89 bits per heavy atom. The Bertz CT molecular complexity index is 495. The van der Waals surface area contributed by atoms with Crippen LogP contribution in [0.3, 0.4) is 0 Å². The molecule has 0 atom stereocenters. The van der Waals surface area contributed by atoms with E-state index in [1.54, 1.807) is 23.4 Å². The summed E-state index contributed by atoms with van der Waals surface area (Å²) in [6, 6.07) is 0.151. The number of ether oxygens (including phenoxy) is 1. The molecule has 1 aromatic rings. The van der Waals surface area contributed by atoms with Gasteiger partial charge in [-0.1, -0.05) is 0 Å². The average Bonchev–Trinajstić information content (AvgIpc) is 3.10. The van der Waals surface area contributed by atoms with E-state index in [-0.39, 0.29) is 24.4 Å². The molecule has 1 saturated carbocycles. The lowest BCUT2D eigenvalue weighted by Crippen LogP contribution is -2.34. The van der Waals surface area contributed by atoms with Crippen LogP contribution in [0.1, 0.15) is 19.8 Å². The van der Waals surface area contributed by atoms with Gasteiger partial charge in [0, 0.05) is 13.1 Å². The quantitative estimate of drug-likeness (QED) is 0.432. The van der Waals surface area contributed by atoms with E-state index < -0.39 is 4.92 Å². The van der Waals surface area contributed by atoms with Crippen molar-refractivity contribution >= 4 is 17.6 Å². The Labute approximate surface area is 110 Å². The van der Waals surface area contributed by atoms with Crippen molar-refractivity contribution in [2.24, 2.45) is 7.05 Å². The van der Waals surface area contributed by atoms with Gasteiger partial charge in [-0.3, -0.25) is 9.36 Å². The molecule has 19 heavy (non-hydrogen) atoms. The highest BCUT2D eigenvalue weighted by Gasteiger charge is 2.37. The number of aromatic nitrogens is 2. The predicted molar refractivity (Wildman–Crippen MR) is 66.9 cm³/mol. The van der Waals surface area contributed by atoms with Gasteiger partial charge in [0.1, 0.15) is 6.54 Å². The number of aryl methyl sites for hydroxylation is 1. The lowest BCUT2D eigenvalue weighted by molar-refractivity contribution is -0.388. The van der Waals surface area contributed by atoms with Crippen LogP contribution in [-0.4, -0.2) is 39.6 Å². The average molecular weight is 268 g/mol. The molecule has 8 heteroatoms. The molecule has 0 spiro atoms. The minimum absolute atomic E-state index is 0.0128. The van der Waals surface area contributed by atoms with Gasteiger partial charge >= 0.3 is 11.8 Å². The van der Waals surface area contributed by atoms with E-state index >= 15 is 0 Å². The molecule has 1 aliphatic carbocycles. The summed E-state index contributed by atoms with van der Waals surface area (Å²) in [7, 11) is 1.68. The molecule has 0 aromatic carbocycles. The molecular formula is C11H16N4O4. The maximum Gasteiger partial charge on any atom is 0.406 e. The van der Waals surface area contributed by atoms with Crippen molar-refractivity contribution < 1.29 is 14.5 Å². The first kappa shape index (κ1) is 13.3. The zero-order valence-electron chi connectivity index (χ0n) is 10.9. The van der Waals surface area contributed by atoms with Crippen molar-refractivity contribution in [3.8, 4) is 0 Å². The Morgan fingerprint density at radius 2 is 2.37 bits per heavy atom. The first-order valence-electron chi connectivity index (χ1n) is 6.12. The van der Waals surface area contributed by atoms with Crippen molar-refractivity contribution in [3.63, 3.8) is 0 Å². The summed E-state index contributed by atoms with van der Waals surface area (Å²) < 4.78 is 6.47. The number of esters is 1. The van der Waals surface area contributed by atoms with Crippen LogP contribution < -0.4 is 4.90 Å². The number of nitro groups is 1. The van der Waals surface area contributed by atoms with Gasteiger partial charge < -0.3 is 19.8 Å². The molecule has 104 valence electrons. The lowest BCUT2D eigenvalue weighted by atomic mass is 10.4. The maximum atomic E-state index is 11.6. The Kier molecular flexibility index (Phi) is 3.68. The zero-order chi connectivity index (χ0) is 14.0. The van der Waals surface area contributed by atoms with E-state index in [1.165, 1.54) is 6.33 Å². The predicted octanol–water partition coefficient (Wildman–Crippen LogP) is 0.860. The monoisotopic (exact) mass is 268 g/mol. The Hall–Kier alpha value is -2.12. The van der Waals surface area contributed by atoms with E-state index in [2.05, 4.69) is 4.98 Å². The molecule has 0 radical (unpaired) electrons. The molecule has 1 aliphatic rings. The molecule has 1 heterocycles. The van der Waals surface area contributed by atoms with Crippen LogP contribution in [0.4, 0.5) is 11.6 Å². The Balaban J connectivity index is 2.26. The third kappa shape index (κ3) is 2.83. The number of hydrogen-bond acceptors (Lipinski definition) is 6. The molecule has 8 nitrogen and oxygen atoms in total.